The molecule has 1 aromatic rings. The van der Waals surface area contributed by atoms with Crippen molar-refractivity contribution in [2.45, 2.75) is 16.7 Å². The molecule has 3 nitrogen and oxygen atoms in total. The van der Waals surface area contributed by atoms with E-state index in [4.69, 9.17) is 0 Å². The molecule has 1 saturated heterocycles. The van der Waals surface area contributed by atoms with Crippen LogP contribution in [0.5, 0.6) is 0 Å². The lowest BCUT2D eigenvalue weighted by Gasteiger charge is -2.07. The van der Waals surface area contributed by atoms with E-state index in [9.17, 15) is 4.21 Å². The van der Waals surface area contributed by atoms with Crippen LogP contribution in [0.1, 0.15) is 6.42 Å². The molecule has 0 amide bonds. The van der Waals surface area contributed by atoms with Crippen molar-refractivity contribution in [2.24, 2.45) is 0 Å². The summed E-state index contributed by atoms with van der Waals surface area (Å²) in [4.78, 5) is 4.21. The van der Waals surface area contributed by atoms with E-state index in [1.807, 2.05) is 18.2 Å². The maximum atomic E-state index is 12.0. The van der Waals surface area contributed by atoms with Gasteiger partial charge in [-0.2, -0.15) is 0 Å². The minimum atomic E-state index is -0.973. The Bertz CT molecular complexity index is 358. The van der Waals surface area contributed by atoms with Crippen molar-refractivity contribution in [1.82, 2.24) is 10.3 Å². The SMILES string of the molecule is Cl.O=S(c1cccc(Br)n1)C1CCNC1. The molecule has 6 heteroatoms. The molecule has 0 aromatic carbocycles. The maximum absolute atomic E-state index is 12.0. The number of hydrogen-bond acceptors (Lipinski definition) is 3. The number of aromatic nitrogens is 1. The minimum absolute atomic E-state index is 0. The van der Waals surface area contributed by atoms with E-state index in [0.29, 0.717) is 5.03 Å². The average molecular weight is 312 g/mol. The van der Waals surface area contributed by atoms with E-state index < -0.39 is 10.8 Å². The molecule has 2 rings (SSSR count). The third kappa shape index (κ3) is 3.24. The molecule has 2 unspecified atom stereocenters. The van der Waals surface area contributed by atoms with Crippen molar-refractivity contribution in [1.29, 1.82) is 0 Å². The van der Waals surface area contributed by atoms with Crippen molar-refractivity contribution in [3.05, 3.63) is 22.8 Å². The summed E-state index contributed by atoms with van der Waals surface area (Å²) in [5.74, 6) is 0. The van der Waals surface area contributed by atoms with Crippen molar-refractivity contribution in [2.75, 3.05) is 13.1 Å². The summed E-state index contributed by atoms with van der Waals surface area (Å²) < 4.78 is 12.7. The van der Waals surface area contributed by atoms with E-state index in [1.54, 1.807) is 0 Å². The summed E-state index contributed by atoms with van der Waals surface area (Å²) in [6, 6.07) is 5.53. The summed E-state index contributed by atoms with van der Waals surface area (Å²) in [6.45, 7) is 1.80. The molecule has 15 heavy (non-hydrogen) atoms. The van der Waals surface area contributed by atoms with Crippen LogP contribution in [0.4, 0.5) is 0 Å². The Labute approximate surface area is 106 Å². The Hall–Kier alpha value is 0.0300. The van der Waals surface area contributed by atoms with Gasteiger partial charge in [-0.3, -0.25) is 4.21 Å². The van der Waals surface area contributed by atoms with Crippen molar-refractivity contribution in [3.63, 3.8) is 0 Å². The summed E-state index contributed by atoms with van der Waals surface area (Å²) in [6.07, 6.45) is 0.973. The topological polar surface area (TPSA) is 42.0 Å². The number of nitrogens with one attached hydrogen (secondary N) is 1. The lowest BCUT2D eigenvalue weighted by Crippen LogP contribution is -2.19. The largest absolute Gasteiger partial charge is 0.315 e. The smallest absolute Gasteiger partial charge is 0.128 e. The van der Waals surface area contributed by atoms with Gasteiger partial charge in [-0.15, -0.1) is 12.4 Å². The maximum Gasteiger partial charge on any atom is 0.128 e. The fourth-order valence-electron chi connectivity index (χ4n) is 1.48. The lowest BCUT2D eigenvalue weighted by molar-refractivity contribution is 0.669. The van der Waals surface area contributed by atoms with Gasteiger partial charge in [-0.05, 0) is 41.0 Å². The van der Waals surface area contributed by atoms with Gasteiger partial charge in [0.25, 0.3) is 0 Å². The highest BCUT2D eigenvalue weighted by Gasteiger charge is 2.23. The zero-order chi connectivity index (χ0) is 9.97. The first kappa shape index (κ1) is 13.1. The normalized spacial score (nSPS) is 22.1. The predicted molar refractivity (Wildman–Crippen MR) is 66.9 cm³/mol. The first-order valence-electron chi connectivity index (χ1n) is 4.51. The van der Waals surface area contributed by atoms with Gasteiger partial charge in [0.15, 0.2) is 0 Å². The molecule has 84 valence electrons. The Morgan fingerprint density at radius 2 is 2.33 bits per heavy atom. The summed E-state index contributed by atoms with van der Waals surface area (Å²) in [5, 5.41) is 4.10. The molecule has 0 radical (unpaired) electrons. The van der Waals surface area contributed by atoms with Crippen LogP contribution < -0.4 is 5.32 Å². The third-order valence-corrected chi connectivity index (χ3v) is 4.30. The Kier molecular flexibility index (Phi) is 5.18. The van der Waals surface area contributed by atoms with Crippen LogP contribution in [0.2, 0.25) is 0 Å². The Balaban J connectivity index is 0.00000112. The zero-order valence-corrected chi connectivity index (χ0v) is 11.2. The van der Waals surface area contributed by atoms with Gasteiger partial charge >= 0.3 is 0 Å². The average Bonchev–Trinajstić information content (AvgIpc) is 2.69. The van der Waals surface area contributed by atoms with Gasteiger partial charge < -0.3 is 5.32 Å². The number of pyridine rings is 1. The van der Waals surface area contributed by atoms with E-state index in [0.717, 1.165) is 24.1 Å². The minimum Gasteiger partial charge on any atom is -0.315 e. The first-order valence-corrected chi connectivity index (χ1v) is 6.52. The highest BCUT2D eigenvalue weighted by atomic mass is 79.9. The standard InChI is InChI=1S/C9H11BrN2OS.ClH/c10-8-2-1-3-9(12-8)14(13)7-4-5-11-6-7;/h1-3,7,11H,4-6H2;1H. The molecular formula is C9H12BrClN2OS. The second-order valence-electron chi connectivity index (χ2n) is 3.21. The van der Waals surface area contributed by atoms with Gasteiger partial charge in [0.1, 0.15) is 9.63 Å². The summed E-state index contributed by atoms with van der Waals surface area (Å²) in [5.41, 5.74) is 0. The Morgan fingerprint density at radius 1 is 1.53 bits per heavy atom. The molecule has 2 atom stereocenters. The molecule has 1 aromatic heterocycles. The quantitative estimate of drug-likeness (QED) is 0.846. The molecule has 1 N–H and O–H groups in total. The molecule has 0 aliphatic carbocycles. The number of nitrogens with zero attached hydrogens (tertiary/aromatic N) is 1. The predicted octanol–water partition coefficient (Wildman–Crippen LogP) is 1.74. The molecule has 1 aliphatic rings. The van der Waals surface area contributed by atoms with Gasteiger partial charge in [0.05, 0.1) is 16.0 Å². The summed E-state index contributed by atoms with van der Waals surface area (Å²) >= 11 is 3.28. The number of hydrogen-bond donors (Lipinski definition) is 1. The van der Waals surface area contributed by atoms with Gasteiger partial charge in [-0.1, -0.05) is 6.07 Å². The van der Waals surface area contributed by atoms with E-state index in [-0.39, 0.29) is 17.7 Å². The van der Waals surface area contributed by atoms with Crippen LogP contribution in [0, 0.1) is 0 Å². The number of halogens is 2. The molecule has 0 bridgehead atoms. The van der Waals surface area contributed by atoms with Gasteiger partial charge in [0, 0.05) is 6.54 Å². The third-order valence-electron chi connectivity index (χ3n) is 2.21. The highest BCUT2D eigenvalue weighted by Crippen LogP contribution is 2.16. The second kappa shape index (κ2) is 5.94. The molecule has 1 fully saturated rings. The summed E-state index contributed by atoms with van der Waals surface area (Å²) in [7, 11) is -0.973. The monoisotopic (exact) mass is 310 g/mol. The first-order chi connectivity index (χ1) is 6.77. The van der Waals surface area contributed by atoms with Crippen molar-refractivity contribution >= 4 is 39.1 Å². The van der Waals surface area contributed by atoms with E-state index in [2.05, 4.69) is 26.2 Å². The molecular weight excluding hydrogens is 300 g/mol. The van der Waals surface area contributed by atoms with Crippen LogP contribution in [-0.2, 0) is 10.8 Å². The number of rotatable bonds is 2. The second-order valence-corrected chi connectivity index (χ2v) is 5.70. The molecule has 0 saturated carbocycles. The van der Waals surface area contributed by atoms with Crippen LogP contribution in [0.25, 0.3) is 0 Å². The fraction of sp³-hybridized carbons (Fsp3) is 0.444. The van der Waals surface area contributed by atoms with Crippen molar-refractivity contribution in [3.8, 4) is 0 Å². The van der Waals surface area contributed by atoms with E-state index in [1.165, 1.54) is 0 Å². The van der Waals surface area contributed by atoms with E-state index >= 15 is 0 Å². The lowest BCUT2D eigenvalue weighted by atomic mass is 10.4. The van der Waals surface area contributed by atoms with Gasteiger partial charge in [0.2, 0.25) is 0 Å². The van der Waals surface area contributed by atoms with Crippen LogP contribution in [0.3, 0.4) is 0 Å². The van der Waals surface area contributed by atoms with Crippen LogP contribution in [0.15, 0.2) is 27.8 Å². The zero-order valence-electron chi connectivity index (χ0n) is 7.98. The van der Waals surface area contributed by atoms with Crippen LogP contribution >= 0.6 is 28.3 Å². The Morgan fingerprint density at radius 3 is 2.93 bits per heavy atom. The van der Waals surface area contributed by atoms with Crippen molar-refractivity contribution < 1.29 is 4.21 Å². The van der Waals surface area contributed by atoms with Crippen LogP contribution in [-0.4, -0.2) is 27.5 Å². The molecule has 2 heterocycles. The fourth-order valence-corrected chi connectivity index (χ4v) is 3.29. The molecule has 0 spiro atoms. The molecule has 1 aliphatic heterocycles. The van der Waals surface area contributed by atoms with Gasteiger partial charge in [-0.25, -0.2) is 4.98 Å². The highest BCUT2D eigenvalue weighted by molar-refractivity contribution is 9.10.